The minimum absolute atomic E-state index is 0.282. The lowest BCUT2D eigenvalue weighted by atomic mass is 10.2. The SMILES string of the molecule is COc1cc(Cl)ccc1C(=O)Nc1cccc(Cl)c1. The Balaban J connectivity index is 2.25. The molecule has 5 heteroatoms. The normalized spacial score (nSPS) is 10.1. The van der Waals surface area contributed by atoms with Gasteiger partial charge in [0.1, 0.15) is 5.75 Å². The highest BCUT2D eigenvalue weighted by molar-refractivity contribution is 6.31. The van der Waals surface area contributed by atoms with Crippen LogP contribution in [0.4, 0.5) is 5.69 Å². The van der Waals surface area contributed by atoms with E-state index >= 15 is 0 Å². The number of rotatable bonds is 3. The molecule has 0 radical (unpaired) electrons. The molecule has 0 atom stereocenters. The minimum atomic E-state index is -0.282. The first-order chi connectivity index (χ1) is 9.10. The van der Waals surface area contributed by atoms with E-state index in [1.807, 2.05) is 0 Å². The topological polar surface area (TPSA) is 38.3 Å². The van der Waals surface area contributed by atoms with E-state index in [1.54, 1.807) is 42.5 Å². The van der Waals surface area contributed by atoms with E-state index in [0.29, 0.717) is 27.0 Å². The van der Waals surface area contributed by atoms with Gasteiger partial charge in [0.2, 0.25) is 0 Å². The molecule has 0 spiro atoms. The monoisotopic (exact) mass is 295 g/mol. The Bertz CT molecular complexity index is 614. The number of hydrogen-bond acceptors (Lipinski definition) is 2. The Morgan fingerprint density at radius 2 is 1.84 bits per heavy atom. The standard InChI is InChI=1S/C14H11Cl2NO2/c1-19-13-8-10(16)5-6-12(13)14(18)17-11-4-2-3-9(15)7-11/h2-8H,1H3,(H,17,18). The summed E-state index contributed by atoms with van der Waals surface area (Å²) in [5.41, 5.74) is 1.03. The van der Waals surface area contributed by atoms with E-state index in [9.17, 15) is 4.79 Å². The quantitative estimate of drug-likeness (QED) is 0.919. The van der Waals surface area contributed by atoms with E-state index in [0.717, 1.165) is 0 Å². The number of carbonyl (C=O) groups excluding carboxylic acids is 1. The molecule has 98 valence electrons. The van der Waals surface area contributed by atoms with E-state index in [-0.39, 0.29) is 5.91 Å². The van der Waals surface area contributed by atoms with Crippen LogP contribution in [0.5, 0.6) is 5.75 Å². The molecule has 0 aromatic heterocycles. The van der Waals surface area contributed by atoms with Gasteiger partial charge in [0, 0.05) is 15.7 Å². The zero-order valence-corrected chi connectivity index (χ0v) is 11.6. The molecule has 0 aliphatic heterocycles. The summed E-state index contributed by atoms with van der Waals surface area (Å²) in [5, 5.41) is 3.81. The molecule has 0 heterocycles. The highest BCUT2D eigenvalue weighted by Crippen LogP contribution is 2.24. The maximum absolute atomic E-state index is 12.1. The Morgan fingerprint density at radius 3 is 2.53 bits per heavy atom. The van der Waals surface area contributed by atoms with Gasteiger partial charge in [-0.15, -0.1) is 0 Å². The van der Waals surface area contributed by atoms with E-state index < -0.39 is 0 Å². The second-order valence-electron chi connectivity index (χ2n) is 3.81. The summed E-state index contributed by atoms with van der Waals surface area (Å²) in [7, 11) is 1.49. The van der Waals surface area contributed by atoms with Crippen molar-refractivity contribution in [2.45, 2.75) is 0 Å². The Labute approximate surface area is 121 Å². The van der Waals surface area contributed by atoms with Crippen LogP contribution in [0, 0.1) is 0 Å². The summed E-state index contributed by atoms with van der Waals surface area (Å²) in [6.07, 6.45) is 0. The van der Waals surface area contributed by atoms with Crippen molar-refractivity contribution in [3.63, 3.8) is 0 Å². The molecule has 0 aliphatic carbocycles. The van der Waals surface area contributed by atoms with Gasteiger partial charge in [-0.2, -0.15) is 0 Å². The predicted octanol–water partition coefficient (Wildman–Crippen LogP) is 4.25. The summed E-state index contributed by atoms with van der Waals surface area (Å²) >= 11 is 11.7. The van der Waals surface area contributed by atoms with Gasteiger partial charge in [0.15, 0.2) is 0 Å². The summed E-state index contributed by atoms with van der Waals surface area (Å²) in [6.45, 7) is 0. The minimum Gasteiger partial charge on any atom is -0.496 e. The van der Waals surface area contributed by atoms with Crippen molar-refractivity contribution in [3.05, 3.63) is 58.1 Å². The molecule has 0 saturated carbocycles. The van der Waals surface area contributed by atoms with Gasteiger partial charge in [-0.05, 0) is 36.4 Å². The van der Waals surface area contributed by atoms with Crippen LogP contribution < -0.4 is 10.1 Å². The first-order valence-electron chi connectivity index (χ1n) is 5.50. The third kappa shape index (κ3) is 3.40. The number of ether oxygens (including phenoxy) is 1. The van der Waals surface area contributed by atoms with Gasteiger partial charge in [-0.1, -0.05) is 29.3 Å². The summed E-state index contributed by atoms with van der Waals surface area (Å²) < 4.78 is 5.14. The molecule has 0 fully saturated rings. The predicted molar refractivity (Wildman–Crippen MR) is 77.4 cm³/mol. The lowest BCUT2D eigenvalue weighted by Crippen LogP contribution is -2.13. The number of benzene rings is 2. The lowest BCUT2D eigenvalue weighted by Gasteiger charge is -2.09. The second-order valence-corrected chi connectivity index (χ2v) is 4.68. The number of anilines is 1. The zero-order chi connectivity index (χ0) is 13.8. The van der Waals surface area contributed by atoms with Crippen molar-refractivity contribution in [1.29, 1.82) is 0 Å². The van der Waals surface area contributed by atoms with Crippen LogP contribution in [-0.4, -0.2) is 13.0 Å². The van der Waals surface area contributed by atoms with Crippen molar-refractivity contribution in [1.82, 2.24) is 0 Å². The molecule has 3 nitrogen and oxygen atoms in total. The molecular formula is C14H11Cl2NO2. The summed E-state index contributed by atoms with van der Waals surface area (Å²) in [6, 6.07) is 11.8. The lowest BCUT2D eigenvalue weighted by molar-refractivity contribution is 0.102. The third-order valence-corrected chi connectivity index (χ3v) is 2.96. The Kier molecular flexibility index (Phi) is 4.30. The first-order valence-corrected chi connectivity index (χ1v) is 6.26. The average molecular weight is 296 g/mol. The fraction of sp³-hybridized carbons (Fsp3) is 0.0714. The molecule has 0 aliphatic rings. The van der Waals surface area contributed by atoms with Crippen LogP contribution in [0.2, 0.25) is 10.0 Å². The molecule has 0 bridgehead atoms. The van der Waals surface area contributed by atoms with Crippen LogP contribution in [0.3, 0.4) is 0 Å². The maximum atomic E-state index is 12.1. The van der Waals surface area contributed by atoms with Crippen LogP contribution in [0.15, 0.2) is 42.5 Å². The summed E-state index contributed by atoms with van der Waals surface area (Å²) in [5.74, 6) is 0.141. The van der Waals surface area contributed by atoms with Gasteiger partial charge in [-0.3, -0.25) is 4.79 Å². The smallest absolute Gasteiger partial charge is 0.259 e. The zero-order valence-electron chi connectivity index (χ0n) is 10.1. The Hall–Kier alpha value is -1.71. The van der Waals surface area contributed by atoms with Crippen molar-refractivity contribution < 1.29 is 9.53 Å². The average Bonchev–Trinajstić information content (AvgIpc) is 2.38. The van der Waals surface area contributed by atoms with Crippen molar-refractivity contribution in [2.75, 3.05) is 12.4 Å². The van der Waals surface area contributed by atoms with Crippen LogP contribution in [-0.2, 0) is 0 Å². The maximum Gasteiger partial charge on any atom is 0.259 e. The number of halogens is 2. The fourth-order valence-corrected chi connectivity index (χ4v) is 1.97. The molecule has 2 aromatic rings. The molecule has 19 heavy (non-hydrogen) atoms. The van der Waals surface area contributed by atoms with Crippen LogP contribution in [0.25, 0.3) is 0 Å². The van der Waals surface area contributed by atoms with Gasteiger partial charge < -0.3 is 10.1 Å². The van der Waals surface area contributed by atoms with Crippen molar-refractivity contribution in [2.24, 2.45) is 0 Å². The van der Waals surface area contributed by atoms with E-state index in [1.165, 1.54) is 7.11 Å². The van der Waals surface area contributed by atoms with Gasteiger partial charge >= 0.3 is 0 Å². The van der Waals surface area contributed by atoms with Gasteiger partial charge in [0.05, 0.1) is 12.7 Å². The van der Waals surface area contributed by atoms with Gasteiger partial charge in [0.25, 0.3) is 5.91 Å². The molecular weight excluding hydrogens is 285 g/mol. The number of amides is 1. The number of methoxy groups -OCH3 is 1. The third-order valence-electron chi connectivity index (χ3n) is 2.49. The van der Waals surface area contributed by atoms with E-state index in [4.69, 9.17) is 27.9 Å². The molecule has 0 unspecified atom stereocenters. The fourth-order valence-electron chi connectivity index (χ4n) is 1.62. The molecule has 0 saturated heterocycles. The number of nitrogens with one attached hydrogen (secondary N) is 1. The molecule has 2 rings (SSSR count). The van der Waals surface area contributed by atoms with E-state index in [2.05, 4.69) is 5.32 Å². The molecule has 2 aromatic carbocycles. The van der Waals surface area contributed by atoms with Gasteiger partial charge in [-0.25, -0.2) is 0 Å². The van der Waals surface area contributed by atoms with Crippen LogP contribution >= 0.6 is 23.2 Å². The molecule has 1 amide bonds. The largest absolute Gasteiger partial charge is 0.496 e. The number of carbonyl (C=O) groups is 1. The number of hydrogen-bond donors (Lipinski definition) is 1. The second kappa shape index (κ2) is 5.95. The summed E-state index contributed by atoms with van der Waals surface area (Å²) in [4.78, 5) is 12.1. The van der Waals surface area contributed by atoms with Crippen molar-refractivity contribution in [3.8, 4) is 5.75 Å². The molecule has 1 N–H and O–H groups in total. The van der Waals surface area contributed by atoms with Crippen LogP contribution in [0.1, 0.15) is 10.4 Å². The first kappa shape index (κ1) is 13.7. The highest BCUT2D eigenvalue weighted by atomic mass is 35.5. The highest BCUT2D eigenvalue weighted by Gasteiger charge is 2.12. The van der Waals surface area contributed by atoms with Crippen molar-refractivity contribution >= 4 is 34.8 Å². The Morgan fingerprint density at radius 1 is 1.11 bits per heavy atom.